The highest BCUT2D eigenvalue weighted by Gasteiger charge is 2.09. The first-order valence-electron chi connectivity index (χ1n) is 10.3. The number of nitriles is 1. The number of thiophene rings is 1. The van der Waals surface area contributed by atoms with E-state index in [9.17, 15) is 4.79 Å². The van der Waals surface area contributed by atoms with Gasteiger partial charge in [0.05, 0.1) is 23.5 Å². The third-order valence-electron chi connectivity index (χ3n) is 5.13. The number of hydrogen-bond donors (Lipinski definition) is 1. The lowest BCUT2D eigenvalue weighted by atomic mass is 10.0. The molecular weight excluding hydrogens is 448 g/mol. The van der Waals surface area contributed by atoms with E-state index in [2.05, 4.69) is 59.1 Å². The topological polar surface area (TPSA) is 69.0 Å². The first-order chi connectivity index (χ1) is 16.1. The van der Waals surface area contributed by atoms with E-state index in [-0.39, 0.29) is 0 Å². The summed E-state index contributed by atoms with van der Waals surface area (Å²) in [6, 6.07) is 22.3. The van der Waals surface area contributed by atoms with Gasteiger partial charge in [0.25, 0.3) is 0 Å². The molecule has 1 N–H and O–H groups in total. The Labute approximate surface area is 201 Å². The van der Waals surface area contributed by atoms with Crippen molar-refractivity contribution in [1.82, 2.24) is 9.88 Å². The summed E-state index contributed by atoms with van der Waals surface area (Å²) in [7, 11) is 1.79. The average molecular weight is 471 g/mol. The van der Waals surface area contributed by atoms with Gasteiger partial charge in [-0.3, -0.25) is 9.78 Å². The van der Waals surface area contributed by atoms with Crippen LogP contribution < -0.4 is 4.72 Å². The van der Waals surface area contributed by atoms with Gasteiger partial charge in [-0.2, -0.15) is 5.26 Å². The van der Waals surface area contributed by atoms with E-state index in [0.717, 1.165) is 38.6 Å². The minimum Gasteiger partial charge on any atom is -0.344 e. The highest BCUT2D eigenvalue weighted by atomic mass is 32.2. The Bertz CT molecular complexity index is 1310. The van der Waals surface area contributed by atoms with Gasteiger partial charge >= 0.3 is 0 Å². The highest BCUT2D eigenvalue weighted by molar-refractivity contribution is 8.00. The quantitative estimate of drug-likeness (QED) is 0.240. The molecule has 0 spiro atoms. The number of anilines is 1. The van der Waals surface area contributed by atoms with Gasteiger partial charge in [-0.15, -0.1) is 11.3 Å². The van der Waals surface area contributed by atoms with Crippen LogP contribution in [-0.4, -0.2) is 23.3 Å². The normalized spacial score (nSPS) is 10.5. The predicted octanol–water partition coefficient (Wildman–Crippen LogP) is 6.36. The maximum Gasteiger partial charge on any atom is 0.209 e. The van der Waals surface area contributed by atoms with Crippen LogP contribution in [0.5, 0.6) is 0 Å². The maximum atomic E-state index is 11.0. The Morgan fingerprint density at radius 2 is 1.82 bits per heavy atom. The fourth-order valence-electron chi connectivity index (χ4n) is 3.30. The number of nitrogens with one attached hydrogen (secondary N) is 1. The number of carbonyl (C=O) groups is 1. The average Bonchev–Trinajstić information content (AvgIpc) is 3.35. The van der Waals surface area contributed by atoms with Crippen LogP contribution in [-0.2, 0) is 11.3 Å². The van der Waals surface area contributed by atoms with E-state index in [4.69, 9.17) is 5.26 Å². The number of amides is 1. The molecule has 0 bridgehead atoms. The molecule has 4 rings (SSSR count). The zero-order valence-electron chi connectivity index (χ0n) is 18.3. The standard InChI is InChI=1S/C26H22N4OS2/c1-18-3-6-20(11-22(18)16-30(2)17-31)25-9-10-26(32-25)21-12-23(15-28-14-21)29-33-24-7-4-19(13-27)5-8-24/h3-12,14-15,17,29H,16H2,1-2H3. The molecule has 2 heterocycles. The zero-order chi connectivity index (χ0) is 23.2. The zero-order valence-corrected chi connectivity index (χ0v) is 19.9. The molecule has 0 saturated carbocycles. The summed E-state index contributed by atoms with van der Waals surface area (Å²) in [5.41, 5.74) is 6.06. The van der Waals surface area contributed by atoms with Crippen molar-refractivity contribution in [3.8, 4) is 27.0 Å². The van der Waals surface area contributed by atoms with E-state index >= 15 is 0 Å². The van der Waals surface area contributed by atoms with Crippen LogP contribution >= 0.6 is 23.3 Å². The molecule has 5 nitrogen and oxygen atoms in total. The van der Waals surface area contributed by atoms with Crippen LogP contribution in [0.15, 0.2) is 78.0 Å². The lowest BCUT2D eigenvalue weighted by Gasteiger charge is -2.13. The van der Waals surface area contributed by atoms with Gasteiger partial charge in [0.1, 0.15) is 0 Å². The molecular formula is C26H22N4OS2. The van der Waals surface area contributed by atoms with Crippen LogP contribution in [0.4, 0.5) is 5.69 Å². The smallest absolute Gasteiger partial charge is 0.209 e. The van der Waals surface area contributed by atoms with Gasteiger partial charge < -0.3 is 9.62 Å². The molecule has 0 aliphatic rings. The second-order valence-corrected chi connectivity index (χ2v) is 9.59. The van der Waals surface area contributed by atoms with E-state index in [0.29, 0.717) is 12.1 Å². The summed E-state index contributed by atoms with van der Waals surface area (Å²) in [4.78, 5) is 20.4. The second kappa shape index (κ2) is 10.3. The second-order valence-electron chi connectivity index (χ2n) is 7.63. The first kappa shape index (κ1) is 22.6. The Balaban J connectivity index is 1.50. The van der Waals surface area contributed by atoms with Gasteiger partial charge in [0.15, 0.2) is 0 Å². The lowest BCUT2D eigenvalue weighted by molar-refractivity contribution is -0.117. The van der Waals surface area contributed by atoms with Gasteiger partial charge in [-0.1, -0.05) is 12.1 Å². The highest BCUT2D eigenvalue weighted by Crippen LogP contribution is 2.36. The molecule has 0 aliphatic carbocycles. The Morgan fingerprint density at radius 1 is 1.06 bits per heavy atom. The molecule has 0 saturated heterocycles. The first-order valence-corrected chi connectivity index (χ1v) is 11.9. The summed E-state index contributed by atoms with van der Waals surface area (Å²) in [5, 5.41) is 8.93. The molecule has 0 atom stereocenters. The molecule has 33 heavy (non-hydrogen) atoms. The number of rotatable bonds is 8. The van der Waals surface area contributed by atoms with Crippen LogP contribution in [0.2, 0.25) is 0 Å². The molecule has 2 aromatic carbocycles. The summed E-state index contributed by atoms with van der Waals surface area (Å²) in [5.74, 6) is 0. The number of nitrogens with zero attached hydrogens (tertiary/aromatic N) is 3. The molecule has 164 valence electrons. The Hall–Kier alpha value is -3.60. The van der Waals surface area contributed by atoms with Crippen molar-refractivity contribution in [2.75, 3.05) is 11.8 Å². The summed E-state index contributed by atoms with van der Waals surface area (Å²) in [6.45, 7) is 2.66. The number of hydrogen-bond acceptors (Lipinski definition) is 6. The lowest BCUT2D eigenvalue weighted by Crippen LogP contribution is -2.15. The monoisotopic (exact) mass is 470 g/mol. The number of aryl methyl sites for hydroxylation is 1. The molecule has 1 amide bonds. The van der Waals surface area contributed by atoms with Crippen LogP contribution in [0.1, 0.15) is 16.7 Å². The van der Waals surface area contributed by atoms with Crippen LogP contribution in [0.3, 0.4) is 0 Å². The predicted molar refractivity (Wildman–Crippen MR) is 136 cm³/mol. The molecule has 7 heteroatoms. The number of pyridine rings is 1. The van der Waals surface area contributed by atoms with Crippen molar-refractivity contribution in [2.45, 2.75) is 18.4 Å². The number of carbonyl (C=O) groups excluding carboxylic acids is 1. The van der Waals surface area contributed by atoms with E-state index in [1.54, 1.807) is 41.6 Å². The van der Waals surface area contributed by atoms with Crippen molar-refractivity contribution >= 4 is 35.4 Å². The van der Waals surface area contributed by atoms with Crippen molar-refractivity contribution in [3.63, 3.8) is 0 Å². The summed E-state index contributed by atoms with van der Waals surface area (Å²) in [6.07, 6.45) is 4.51. The van der Waals surface area contributed by atoms with E-state index in [1.807, 2.05) is 18.3 Å². The molecule has 0 fully saturated rings. The van der Waals surface area contributed by atoms with Crippen molar-refractivity contribution < 1.29 is 4.79 Å². The maximum absolute atomic E-state index is 11.0. The third kappa shape index (κ3) is 5.61. The fraction of sp³-hybridized carbons (Fsp3) is 0.115. The largest absolute Gasteiger partial charge is 0.344 e. The van der Waals surface area contributed by atoms with Crippen molar-refractivity contribution in [3.05, 3.63) is 89.7 Å². The molecule has 0 aliphatic heterocycles. The van der Waals surface area contributed by atoms with Gasteiger partial charge in [-0.05, 0) is 84.1 Å². The molecule has 2 aromatic heterocycles. The van der Waals surface area contributed by atoms with Gasteiger partial charge in [0.2, 0.25) is 6.41 Å². The Morgan fingerprint density at radius 3 is 2.55 bits per heavy atom. The minimum absolute atomic E-state index is 0.593. The third-order valence-corrected chi connectivity index (χ3v) is 7.16. The van der Waals surface area contributed by atoms with Crippen molar-refractivity contribution in [2.24, 2.45) is 0 Å². The minimum atomic E-state index is 0.593. The van der Waals surface area contributed by atoms with Gasteiger partial charge in [0, 0.05) is 40.0 Å². The fourth-order valence-corrected chi connectivity index (χ4v) is 4.90. The molecule has 0 radical (unpaired) electrons. The van der Waals surface area contributed by atoms with Crippen LogP contribution in [0, 0.1) is 18.3 Å². The van der Waals surface area contributed by atoms with Crippen LogP contribution in [0.25, 0.3) is 20.9 Å². The molecule has 0 unspecified atom stereocenters. The summed E-state index contributed by atoms with van der Waals surface area (Å²) < 4.78 is 3.33. The summed E-state index contributed by atoms with van der Waals surface area (Å²) >= 11 is 3.20. The van der Waals surface area contributed by atoms with Crippen molar-refractivity contribution in [1.29, 1.82) is 5.26 Å². The SMILES string of the molecule is Cc1ccc(-c2ccc(-c3cncc(NSc4ccc(C#N)cc4)c3)s2)cc1CN(C)C=O. The van der Waals surface area contributed by atoms with E-state index in [1.165, 1.54) is 22.4 Å². The van der Waals surface area contributed by atoms with Gasteiger partial charge in [-0.25, -0.2) is 0 Å². The molecule has 4 aromatic rings. The van der Waals surface area contributed by atoms with E-state index < -0.39 is 0 Å². The number of aromatic nitrogens is 1. The Kier molecular flexibility index (Phi) is 7.08. The number of benzene rings is 2.